The molecule has 5 nitrogen and oxygen atoms in total. The normalized spacial score (nSPS) is 14.3. The molecule has 2 rings (SSSR count). The first kappa shape index (κ1) is 11.1. The third kappa shape index (κ3) is 1.94. The number of amides is 1. The fourth-order valence-corrected chi connectivity index (χ4v) is 3.06. The highest BCUT2D eigenvalue weighted by atomic mass is 32.1. The van der Waals surface area contributed by atoms with Crippen LogP contribution in [0, 0.1) is 0 Å². The Labute approximate surface area is 96.5 Å². The summed E-state index contributed by atoms with van der Waals surface area (Å²) in [7, 11) is 0. The highest BCUT2D eigenvalue weighted by molar-refractivity contribution is 7.17. The van der Waals surface area contributed by atoms with E-state index < -0.39 is 5.97 Å². The summed E-state index contributed by atoms with van der Waals surface area (Å²) >= 11 is 1.34. The predicted octanol–water partition coefficient (Wildman–Crippen LogP) is 1.05. The summed E-state index contributed by atoms with van der Waals surface area (Å²) in [4.78, 5) is 23.2. The van der Waals surface area contributed by atoms with Crippen LogP contribution in [0.5, 0.6) is 0 Å². The van der Waals surface area contributed by atoms with Crippen LogP contribution in [-0.4, -0.2) is 23.5 Å². The van der Waals surface area contributed by atoms with Crippen molar-refractivity contribution in [2.75, 3.05) is 11.9 Å². The van der Waals surface area contributed by atoms with E-state index in [2.05, 4.69) is 10.6 Å². The second-order valence-corrected chi connectivity index (χ2v) is 4.73. The van der Waals surface area contributed by atoms with Crippen LogP contribution in [0.25, 0.3) is 0 Å². The van der Waals surface area contributed by atoms with Crippen molar-refractivity contribution in [1.82, 2.24) is 5.32 Å². The Hall–Kier alpha value is -1.40. The lowest BCUT2D eigenvalue weighted by Gasteiger charge is -2.12. The summed E-state index contributed by atoms with van der Waals surface area (Å²) in [6.45, 7) is 2.84. The van der Waals surface area contributed by atoms with Gasteiger partial charge in [0.15, 0.2) is 0 Å². The number of hydrogen-bond donors (Lipinski definition) is 3. The zero-order valence-corrected chi connectivity index (χ0v) is 9.61. The molecule has 0 atom stereocenters. The number of fused-ring (bicyclic) bond motifs is 1. The lowest BCUT2D eigenvalue weighted by molar-refractivity contribution is -0.114. The van der Waals surface area contributed by atoms with Crippen LogP contribution < -0.4 is 10.6 Å². The highest BCUT2D eigenvalue weighted by Crippen LogP contribution is 2.35. The molecule has 16 heavy (non-hydrogen) atoms. The largest absolute Gasteiger partial charge is 0.478 e. The molecule has 0 unspecified atom stereocenters. The van der Waals surface area contributed by atoms with Gasteiger partial charge in [-0.2, -0.15) is 0 Å². The summed E-state index contributed by atoms with van der Waals surface area (Å²) in [5.41, 5.74) is 1.12. The number of thiophene rings is 1. The lowest BCUT2D eigenvalue weighted by atomic mass is 10.0. The summed E-state index contributed by atoms with van der Waals surface area (Å²) in [5, 5.41) is 15.4. The van der Waals surface area contributed by atoms with Gasteiger partial charge in [-0.15, -0.1) is 11.3 Å². The molecule has 6 heteroatoms. The monoisotopic (exact) mass is 240 g/mol. The van der Waals surface area contributed by atoms with E-state index in [1.54, 1.807) is 0 Å². The van der Waals surface area contributed by atoms with E-state index in [-0.39, 0.29) is 11.5 Å². The van der Waals surface area contributed by atoms with Crippen molar-refractivity contribution in [2.24, 2.45) is 0 Å². The topological polar surface area (TPSA) is 78.4 Å². The maximum atomic E-state index is 11.2. The van der Waals surface area contributed by atoms with Crippen molar-refractivity contribution in [3.8, 4) is 0 Å². The van der Waals surface area contributed by atoms with Crippen molar-refractivity contribution >= 4 is 28.2 Å². The van der Waals surface area contributed by atoms with Gasteiger partial charge >= 0.3 is 5.97 Å². The van der Waals surface area contributed by atoms with Gasteiger partial charge in [0.1, 0.15) is 5.00 Å². The second-order valence-electron chi connectivity index (χ2n) is 3.62. The molecule has 0 radical (unpaired) electrons. The van der Waals surface area contributed by atoms with Gasteiger partial charge < -0.3 is 15.7 Å². The molecular formula is C10H12N2O3S. The van der Waals surface area contributed by atoms with Gasteiger partial charge in [0, 0.05) is 18.3 Å². The molecule has 0 aromatic carbocycles. The van der Waals surface area contributed by atoms with Crippen LogP contribution in [0.4, 0.5) is 5.00 Å². The molecule has 2 heterocycles. The predicted molar refractivity (Wildman–Crippen MR) is 61.0 cm³/mol. The third-order valence-corrected chi connectivity index (χ3v) is 3.58. The van der Waals surface area contributed by atoms with Crippen molar-refractivity contribution in [3.63, 3.8) is 0 Å². The van der Waals surface area contributed by atoms with E-state index >= 15 is 0 Å². The molecule has 3 N–H and O–H groups in total. The Balaban J connectivity index is 2.47. The van der Waals surface area contributed by atoms with Gasteiger partial charge in [-0.05, 0) is 18.5 Å². The van der Waals surface area contributed by atoms with Gasteiger partial charge in [-0.3, -0.25) is 4.79 Å². The van der Waals surface area contributed by atoms with Crippen LogP contribution in [0.1, 0.15) is 27.7 Å². The fourth-order valence-electron chi connectivity index (χ4n) is 1.81. The minimum Gasteiger partial charge on any atom is -0.478 e. The SMILES string of the molecule is CC(=O)Nc1sc2c(c1C(=O)O)CCNC2. The Morgan fingerprint density at radius 1 is 1.50 bits per heavy atom. The molecule has 0 fully saturated rings. The zero-order chi connectivity index (χ0) is 11.7. The molecule has 86 valence electrons. The standard InChI is InChI=1S/C10H12N2O3S/c1-5(13)12-9-8(10(14)15)6-2-3-11-4-7(6)16-9/h11H,2-4H2,1H3,(H,12,13)(H,14,15). The summed E-state index contributed by atoms with van der Waals surface area (Å²) in [6, 6.07) is 0. The second kappa shape index (κ2) is 4.23. The van der Waals surface area contributed by atoms with Gasteiger partial charge in [0.25, 0.3) is 0 Å². The smallest absolute Gasteiger partial charge is 0.339 e. The van der Waals surface area contributed by atoms with E-state index in [0.29, 0.717) is 18.0 Å². The minimum absolute atomic E-state index is 0.242. The van der Waals surface area contributed by atoms with Crippen LogP contribution >= 0.6 is 11.3 Å². The molecule has 0 bridgehead atoms. The lowest BCUT2D eigenvalue weighted by Crippen LogP contribution is -2.23. The van der Waals surface area contributed by atoms with E-state index in [1.807, 2.05) is 0 Å². The van der Waals surface area contributed by atoms with Crippen molar-refractivity contribution in [3.05, 3.63) is 16.0 Å². The van der Waals surface area contributed by atoms with E-state index in [9.17, 15) is 9.59 Å². The van der Waals surface area contributed by atoms with E-state index in [0.717, 1.165) is 17.0 Å². The molecule has 0 aliphatic carbocycles. The van der Waals surface area contributed by atoms with Gasteiger partial charge in [-0.1, -0.05) is 0 Å². The minimum atomic E-state index is -0.969. The first-order valence-electron chi connectivity index (χ1n) is 4.95. The highest BCUT2D eigenvalue weighted by Gasteiger charge is 2.25. The first-order chi connectivity index (χ1) is 7.59. The average Bonchev–Trinajstić information content (AvgIpc) is 2.53. The molecule has 1 aliphatic heterocycles. The number of aromatic carboxylic acids is 1. The number of rotatable bonds is 2. The van der Waals surface area contributed by atoms with Crippen molar-refractivity contribution in [1.29, 1.82) is 0 Å². The van der Waals surface area contributed by atoms with E-state index in [4.69, 9.17) is 5.11 Å². The van der Waals surface area contributed by atoms with Gasteiger partial charge in [0.05, 0.1) is 5.56 Å². The van der Waals surface area contributed by atoms with Gasteiger partial charge in [-0.25, -0.2) is 4.79 Å². The summed E-state index contributed by atoms with van der Waals surface area (Å²) < 4.78 is 0. The van der Waals surface area contributed by atoms with Crippen molar-refractivity contribution in [2.45, 2.75) is 19.9 Å². The molecule has 1 aromatic heterocycles. The molecule has 0 saturated heterocycles. The van der Waals surface area contributed by atoms with Crippen molar-refractivity contribution < 1.29 is 14.7 Å². The number of hydrogen-bond acceptors (Lipinski definition) is 4. The third-order valence-electron chi connectivity index (χ3n) is 2.43. The Morgan fingerprint density at radius 2 is 2.25 bits per heavy atom. The number of carboxylic acids is 1. The Kier molecular flexibility index (Phi) is 2.93. The molecule has 1 aromatic rings. The Bertz CT molecular complexity index is 453. The number of carbonyl (C=O) groups excluding carboxylic acids is 1. The molecule has 1 amide bonds. The van der Waals surface area contributed by atoms with Gasteiger partial charge in [0.2, 0.25) is 5.91 Å². The molecular weight excluding hydrogens is 228 g/mol. The number of anilines is 1. The van der Waals surface area contributed by atoms with Crippen LogP contribution in [-0.2, 0) is 17.8 Å². The number of nitrogens with one attached hydrogen (secondary N) is 2. The summed E-state index contributed by atoms with van der Waals surface area (Å²) in [5.74, 6) is -1.21. The number of carbonyl (C=O) groups is 2. The van der Waals surface area contributed by atoms with Crippen LogP contribution in [0.2, 0.25) is 0 Å². The van der Waals surface area contributed by atoms with Crippen LogP contribution in [0.3, 0.4) is 0 Å². The molecule has 1 aliphatic rings. The summed E-state index contributed by atoms with van der Waals surface area (Å²) in [6.07, 6.45) is 0.701. The van der Waals surface area contributed by atoms with E-state index in [1.165, 1.54) is 18.3 Å². The maximum Gasteiger partial charge on any atom is 0.339 e. The molecule has 0 saturated carbocycles. The molecule has 0 spiro atoms. The van der Waals surface area contributed by atoms with Crippen LogP contribution in [0.15, 0.2) is 0 Å². The number of carboxylic acid groups (broad SMARTS) is 1. The Morgan fingerprint density at radius 3 is 2.88 bits per heavy atom. The fraction of sp³-hybridized carbons (Fsp3) is 0.400. The quantitative estimate of drug-likeness (QED) is 0.722. The first-order valence-corrected chi connectivity index (χ1v) is 5.77. The maximum absolute atomic E-state index is 11.2. The zero-order valence-electron chi connectivity index (χ0n) is 8.79. The average molecular weight is 240 g/mol.